The van der Waals surface area contributed by atoms with E-state index in [2.05, 4.69) is 36.0 Å². The molecule has 1 aliphatic rings. The largest absolute Gasteiger partial charge is 0.359 e. The number of aliphatic imine (C=N–C) groups is 1. The van der Waals surface area contributed by atoms with E-state index in [0.717, 1.165) is 16.8 Å². The van der Waals surface area contributed by atoms with Gasteiger partial charge < -0.3 is 4.98 Å². The number of nitrogens with one attached hydrogen (secondary N) is 1. The van der Waals surface area contributed by atoms with E-state index in [1.54, 1.807) is 29.3 Å². The number of hydrogen-bond donors (Lipinski definition) is 1. The molecule has 6 heteroatoms. The van der Waals surface area contributed by atoms with Crippen LogP contribution in [0.4, 0.5) is 5.69 Å². The van der Waals surface area contributed by atoms with Crippen LogP contribution in [-0.2, 0) is 4.79 Å². The molecule has 0 saturated heterocycles. The molecule has 1 aromatic heterocycles. The number of rotatable bonds is 6. The van der Waals surface area contributed by atoms with Gasteiger partial charge in [-0.15, -0.1) is 0 Å². The third-order valence-electron chi connectivity index (χ3n) is 5.26. The normalized spacial score (nSPS) is 15.0. The van der Waals surface area contributed by atoms with Crippen LogP contribution < -0.4 is 4.90 Å². The number of anilines is 1. The van der Waals surface area contributed by atoms with Crippen molar-refractivity contribution in [3.63, 3.8) is 0 Å². The molecule has 2 heterocycles. The van der Waals surface area contributed by atoms with Crippen LogP contribution in [0.25, 0.3) is 6.08 Å². The summed E-state index contributed by atoms with van der Waals surface area (Å²) in [5.74, 6) is 0.392. The molecule has 0 bridgehead atoms. The lowest BCUT2D eigenvalue weighted by atomic mass is 10.0. The maximum atomic E-state index is 13.3. The van der Waals surface area contributed by atoms with Gasteiger partial charge in [0.05, 0.1) is 17.1 Å². The Hall–Kier alpha value is -3.38. The molecule has 3 aromatic rings. The predicted molar refractivity (Wildman–Crippen MR) is 132 cm³/mol. The number of nitrogens with zero attached hydrogens (tertiary/aromatic N) is 2. The third-order valence-corrected chi connectivity index (χ3v) is 6.20. The lowest BCUT2D eigenvalue weighted by Gasteiger charge is -2.17. The van der Waals surface area contributed by atoms with Crippen LogP contribution in [0.5, 0.6) is 0 Å². The van der Waals surface area contributed by atoms with Crippen LogP contribution in [0.3, 0.4) is 0 Å². The Morgan fingerprint density at radius 3 is 2.44 bits per heavy atom. The van der Waals surface area contributed by atoms with E-state index in [9.17, 15) is 9.59 Å². The number of hydrogen-bond acceptors (Lipinski definition) is 4. The highest BCUT2D eigenvalue weighted by molar-refractivity contribution is 8.14. The predicted octanol–water partition coefficient (Wildman–Crippen LogP) is 5.81. The van der Waals surface area contributed by atoms with E-state index in [-0.39, 0.29) is 17.4 Å². The average Bonchev–Trinajstić information content (AvgIpc) is 3.42. The molecule has 32 heavy (non-hydrogen) atoms. The number of H-pyrrole nitrogens is 1. The number of aromatic amines is 1. The monoisotopic (exact) mass is 443 g/mol. The molecule has 162 valence electrons. The van der Waals surface area contributed by atoms with E-state index in [1.165, 1.54) is 17.3 Å². The molecular weight excluding hydrogens is 418 g/mol. The summed E-state index contributed by atoms with van der Waals surface area (Å²) in [6, 6.07) is 19.4. The summed E-state index contributed by atoms with van der Waals surface area (Å²) >= 11 is 1.27. The van der Waals surface area contributed by atoms with Crippen LogP contribution >= 0.6 is 11.8 Å². The Kier molecular flexibility index (Phi) is 6.42. The molecule has 0 aliphatic carbocycles. The molecule has 5 nitrogen and oxygen atoms in total. The highest BCUT2D eigenvalue weighted by Crippen LogP contribution is 2.30. The number of thioether (sulfide) groups is 1. The van der Waals surface area contributed by atoms with Crippen molar-refractivity contribution in [2.75, 3.05) is 10.7 Å². The maximum Gasteiger partial charge on any atom is 0.283 e. The van der Waals surface area contributed by atoms with E-state index < -0.39 is 0 Å². The van der Waals surface area contributed by atoms with Gasteiger partial charge in [-0.05, 0) is 54.3 Å². The number of carbonyl (C=O) groups excluding carboxylic acids is 2. The zero-order chi connectivity index (χ0) is 22.7. The number of ketones is 1. The van der Waals surface area contributed by atoms with Crippen molar-refractivity contribution in [2.45, 2.75) is 26.7 Å². The molecular formula is C26H25N3O2S. The highest BCUT2D eigenvalue weighted by atomic mass is 32.2. The Morgan fingerprint density at radius 1 is 1.09 bits per heavy atom. The standard InChI is InChI=1S/C26H25N3O2S/c1-17(2)20-10-8-19(9-11-20)15-23-25(31)29(21-12-6-18(3)7-13-21)26(28-23)32-16-24(30)22-5-4-14-27-22/h4-15,17,27H,16H2,1-3H3. The van der Waals surface area contributed by atoms with E-state index in [1.807, 2.05) is 43.3 Å². The molecule has 0 atom stereocenters. The number of amidine groups is 1. The fourth-order valence-corrected chi connectivity index (χ4v) is 4.26. The fourth-order valence-electron chi connectivity index (χ4n) is 3.36. The Labute approximate surface area is 192 Å². The summed E-state index contributed by atoms with van der Waals surface area (Å²) in [7, 11) is 0. The number of benzene rings is 2. The van der Waals surface area contributed by atoms with Crippen molar-refractivity contribution in [1.82, 2.24) is 4.98 Å². The smallest absolute Gasteiger partial charge is 0.283 e. The summed E-state index contributed by atoms with van der Waals surface area (Å²) in [6.45, 7) is 6.30. The first-order valence-corrected chi connectivity index (χ1v) is 11.5. The second kappa shape index (κ2) is 9.40. The molecule has 0 spiro atoms. The minimum absolute atomic E-state index is 0.0410. The summed E-state index contributed by atoms with van der Waals surface area (Å²) in [4.78, 5) is 34.9. The molecule has 0 saturated carbocycles. The minimum Gasteiger partial charge on any atom is -0.359 e. The molecule has 1 N–H and O–H groups in total. The van der Waals surface area contributed by atoms with E-state index >= 15 is 0 Å². The molecule has 4 rings (SSSR count). The van der Waals surface area contributed by atoms with Gasteiger partial charge in [0.15, 0.2) is 11.0 Å². The summed E-state index contributed by atoms with van der Waals surface area (Å²) < 4.78 is 0. The lowest BCUT2D eigenvalue weighted by molar-refractivity contribution is -0.113. The van der Waals surface area contributed by atoms with Gasteiger partial charge in [-0.3, -0.25) is 14.5 Å². The summed E-state index contributed by atoms with van der Waals surface area (Å²) in [5.41, 5.74) is 4.91. The van der Waals surface area contributed by atoms with E-state index in [0.29, 0.717) is 22.5 Å². The fraction of sp³-hybridized carbons (Fsp3) is 0.192. The van der Waals surface area contributed by atoms with Gasteiger partial charge in [0, 0.05) is 6.20 Å². The van der Waals surface area contributed by atoms with Crippen LogP contribution in [0, 0.1) is 6.92 Å². The molecule has 0 unspecified atom stereocenters. The van der Waals surface area contributed by atoms with Crippen molar-refractivity contribution < 1.29 is 9.59 Å². The summed E-state index contributed by atoms with van der Waals surface area (Å²) in [6.07, 6.45) is 3.52. The van der Waals surface area contributed by atoms with Gasteiger partial charge in [0.2, 0.25) is 0 Å². The average molecular weight is 444 g/mol. The van der Waals surface area contributed by atoms with Crippen molar-refractivity contribution in [3.05, 3.63) is 94.9 Å². The maximum absolute atomic E-state index is 13.3. The summed E-state index contributed by atoms with van der Waals surface area (Å²) in [5, 5.41) is 0.504. The van der Waals surface area contributed by atoms with Crippen molar-refractivity contribution in [3.8, 4) is 0 Å². The Morgan fingerprint density at radius 2 is 1.81 bits per heavy atom. The first-order valence-electron chi connectivity index (χ1n) is 10.5. The second-order valence-electron chi connectivity index (χ2n) is 8.02. The molecule has 1 amide bonds. The quantitative estimate of drug-likeness (QED) is 0.386. The molecule has 0 radical (unpaired) electrons. The van der Waals surface area contributed by atoms with Crippen molar-refractivity contribution >= 4 is 40.4 Å². The number of aromatic nitrogens is 1. The number of amides is 1. The van der Waals surface area contributed by atoms with Crippen LogP contribution in [0.1, 0.15) is 46.9 Å². The van der Waals surface area contributed by atoms with Crippen LogP contribution in [-0.4, -0.2) is 27.6 Å². The number of Topliss-reactive ketones (excluding diaryl/α,β-unsaturated/α-hetero) is 1. The Bertz CT molecular complexity index is 1170. The number of aryl methyl sites for hydroxylation is 1. The zero-order valence-electron chi connectivity index (χ0n) is 18.3. The van der Waals surface area contributed by atoms with Gasteiger partial charge in [0.1, 0.15) is 5.70 Å². The van der Waals surface area contributed by atoms with Gasteiger partial charge in [-0.1, -0.05) is 67.6 Å². The first-order chi connectivity index (χ1) is 15.4. The highest BCUT2D eigenvalue weighted by Gasteiger charge is 2.32. The van der Waals surface area contributed by atoms with Crippen molar-refractivity contribution in [1.29, 1.82) is 0 Å². The van der Waals surface area contributed by atoms with Gasteiger partial charge >= 0.3 is 0 Å². The van der Waals surface area contributed by atoms with Crippen LogP contribution in [0.15, 0.2) is 77.5 Å². The van der Waals surface area contributed by atoms with Gasteiger partial charge in [-0.2, -0.15) is 0 Å². The van der Waals surface area contributed by atoms with Crippen LogP contribution in [0.2, 0.25) is 0 Å². The third kappa shape index (κ3) is 4.75. The topological polar surface area (TPSA) is 65.5 Å². The SMILES string of the molecule is Cc1ccc(N2C(=O)C(=Cc3ccc(C(C)C)cc3)N=C2SCC(=O)c2ccc[nH]2)cc1. The van der Waals surface area contributed by atoms with Gasteiger partial charge in [-0.25, -0.2) is 4.99 Å². The molecule has 0 fully saturated rings. The molecule has 2 aromatic carbocycles. The first kappa shape index (κ1) is 21.8. The lowest BCUT2D eigenvalue weighted by Crippen LogP contribution is -2.30. The second-order valence-corrected chi connectivity index (χ2v) is 8.96. The Balaban J connectivity index is 1.62. The number of carbonyl (C=O) groups is 2. The van der Waals surface area contributed by atoms with Gasteiger partial charge in [0.25, 0.3) is 5.91 Å². The van der Waals surface area contributed by atoms with E-state index in [4.69, 9.17) is 0 Å². The molecule has 1 aliphatic heterocycles. The minimum atomic E-state index is -0.198. The van der Waals surface area contributed by atoms with Crippen molar-refractivity contribution in [2.24, 2.45) is 4.99 Å². The zero-order valence-corrected chi connectivity index (χ0v) is 19.1.